The molecule has 0 N–H and O–H groups in total. The molecule has 0 aromatic heterocycles. The van der Waals surface area contributed by atoms with Gasteiger partial charge in [-0.25, -0.2) is 0 Å². The second-order valence-electron chi connectivity index (χ2n) is 6.11. The summed E-state index contributed by atoms with van der Waals surface area (Å²) in [6.45, 7) is 3.88. The number of rotatable bonds is 17. The first-order valence-corrected chi connectivity index (χ1v) is 9.14. The van der Waals surface area contributed by atoms with Crippen LogP contribution in [0.1, 0.15) is 109 Å². The Bertz CT molecular complexity index is 177. The Morgan fingerprint density at radius 2 is 0.800 bits per heavy atom. The number of carbonyl (C=O) groups is 1. The average Bonchev–Trinajstić information content (AvgIpc) is 2.47. The fourth-order valence-electron chi connectivity index (χ4n) is 2.70. The van der Waals surface area contributed by atoms with Gasteiger partial charge in [0, 0.05) is 6.42 Å². The normalized spacial score (nSPS) is 10.8. The number of unbranched alkanes of at least 4 members (excludes halogenated alkanes) is 16. The largest absolute Gasteiger partial charge is 0.303 e. The molecule has 0 fully saturated rings. The lowest BCUT2D eigenvalue weighted by atomic mass is 10.0. The summed E-state index contributed by atoms with van der Waals surface area (Å²) >= 11 is 0. The van der Waals surface area contributed by atoms with Crippen LogP contribution < -0.4 is 0 Å². The van der Waals surface area contributed by atoms with Gasteiger partial charge in [0.15, 0.2) is 0 Å². The Balaban J connectivity index is 2.90. The van der Waals surface area contributed by atoms with Crippen molar-refractivity contribution in [3.63, 3.8) is 0 Å². The molecule has 0 heterocycles. The monoisotopic (exact) mass is 281 g/mol. The van der Waals surface area contributed by atoms with Gasteiger partial charge in [-0.05, 0) is 6.42 Å². The molecule has 1 heteroatoms. The van der Waals surface area contributed by atoms with E-state index in [0.29, 0.717) is 0 Å². The molecule has 0 aliphatic rings. The van der Waals surface area contributed by atoms with Gasteiger partial charge in [0.25, 0.3) is 0 Å². The van der Waals surface area contributed by atoms with Crippen molar-refractivity contribution in [1.29, 1.82) is 0 Å². The highest BCUT2D eigenvalue weighted by Gasteiger charge is 1.94. The molecule has 20 heavy (non-hydrogen) atoms. The second-order valence-corrected chi connectivity index (χ2v) is 6.11. The molecule has 1 nitrogen and oxygen atoms in total. The summed E-state index contributed by atoms with van der Waals surface area (Å²) in [4.78, 5) is 10.2. The van der Waals surface area contributed by atoms with Crippen molar-refractivity contribution in [2.75, 3.05) is 0 Å². The summed E-state index contributed by atoms with van der Waals surface area (Å²) in [7, 11) is 0. The Morgan fingerprint density at radius 3 is 1.10 bits per heavy atom. The lowest BCUT2D eigenvalue weighted by Crippen LogP contribution is -1.84. The van der Waals surface area contributed by atoms with Gasteiger partial charge < -0.3 is 4.79 Å². The number of hydrogen-bond acceptors (Lipinski definition) is 1. The second kappa shape index (κ2) is 18.7. The maximum atomic E-state index is 10.2. The van der Waals surface area contributed by atoms with Gasteiger partial charge in [-0.1, -0.05) is 103 Å². The third kappa shape index (κ3) is 17.7. The van der Waals surface area contributed by atoms with E-state index in [1.807, 2.05) is 0 Å². The van der Waals surface area contributed by atoms with Crippen molar-refractivity contribution < 1.29 is 4.79 Å². The predicted molar refractivity (Wildman–Crippen MR) is 89.9 cm³/mol. The van der Waals surface area contributed by atoms with Crippen LogP contribution >= 0.6 is 0 Å². The van der Waals surface area contributed by atoms with Crippen LogP contribution in [0, 0.1) is 6.92 Å². The third-order valence-electron chi connectivity index (χ3n) is 4.07. The van der Waals surface area contributed by atoms with Crippen molar-refractivity contribution in [1.82, 2.24) is 0 Å². The Hall–Kier alpha value is -0.330. The smallest absolute Gasteiger partial charge is 0.119 e. The molecule has 0 unspecified atom stereocenters. The van der Waals surface area contributed by atoms with Gasteiger partial charge >= 0.3 is 0 Å². The first-order chi connectivity index (χ1) is 9.91. The minimum atomic E-state index is 0.759. The molecule has 0 aliphatic heterocycles. The van der Waals surface area contributed by atoms with E-state index in [9.17, 15) is 4.79 Å². The Kier molecular flexibility index (Phi) is 18.4. The minimum absolute atomic E-state index is 0.759. The van der Waals surface area contributed by atoms with E-state index >= 15 is 0 Å². The SMILES string of the molecule is [CH2]CCCCCCCCCCCCCCCCCC=O. The maximum Gasteiger partial charge on any atom is 0.119 e. The molecular weight excluding hydrogens is 244 g/mol. The van der Waals surface area contributed by atoms with Crippen LogP contribution in [0.25, 0.3) is 0 Å². The van der Waals surface area contributed by atoms with Crippen LogP contribution in [-0.4, -0.2) is 6.29 Å². The Labute approximate surface area is 127 Å². The molecule has 0 rings (SSSR count). The van der Waals surface area contributed by atoms with Crippen molar-refractivity contribution in [3.8, 4) is 0 Å². The number of aldehydes is 1. The van der Waals surface area contributed by atoms with E-state index in [-0.39, 0.29) is 0 Å². The first kappa shape index (κ1) is 19.7. The summed E-state index contributed by atoms with van der Waals surface area (Å²) in [6, 6.07) is 0. The van der Waals surface area contributed by atoms with Crippen LogP contribution in [0.5, 0.6) is 0 Å². The molecule has 0 saturated carbocycles. The molecule has 0 bridgehead atoms. The summed E-state index contributed by atoms with van der Waals surface area (Å²) < 4.78 is 0. The third-order valence-corrected chi connectivity index (χ3v) is 4.07. The maximum absolute atomic E-state index is 10.2. The van der Waals surface area contributed by atoms with Crippen LogP contribution in [-0.2, 0) is 4.79 Å². The average molecular weight is 282 g/mol. The fourth-order valence-corrected chi connectivity index (χ4v) is 2.70. The Morgan fingerprint density at radius 1 is 0.500 bits per heavy atom. The van der Waals surface area contributed by atoms with Gasteiger partial charge in [0.05, 0.1) is 0 Å². The van der Waals surface area contributed by atoms with E-state index in [0.717, 1.165) is 25.5 Å². The molecule has 0 aliphatic carbocycles. The summed E-state index contributed by atoms with van der Waals surface area (Å²) in [5, 5.41) is 0. The number of hydrogen-bond donors (Lipinski definition) is 0. The zero-order chi connectivity index (χ0) is 14.7. The lowest BCUT2D eigenvalue weighted by Gasteiger charge is -2.03. The zero-order valence-corrected chi connectivity index (χ0v) is 13.7. The van der Waals surface area contributed by atoms with Crippen LogP contribution in [0.2, 0.25) is 0 Å². The lowest BCUT2D eigenvalue weighted by molar-refractivity contribution is -0.107. The summed E-state index contributed by atoms with van der Waals surface area (Å²) in [5.74, 6) is 0. The molecule has 0 saturated heterocycles. The van der Waals surface area contributed by atoms with E-state index in [1.165, 1.54) is 89.9 Å². The van der Waals surface area contributed by atoms with E-state index < -0.39 is 0 Å². The molecule has 0 aromatic rings. The van der Waals surface area contributed by atoms with Crippen LogP contribution in [0.15, 0.2) is 0 Å². The van der Waals surface area contributed by atoms with Gasteiger partial charge in [-0.15, -0.1) is 0 Å². The molecule has 119 valence electrons. The van der Waals surface area contributed by atoms with Gasteiger partial charge in [0.2, 0.25) is 0 Å². The van der Waals surface area contributed by atoms with E-state index in [2.05, 4.69) is 6.92 Å². The molecular formula is C19H37O. The van der Waals surface area contributed by atoms with Gasteiger partial charge in [-0.3, -0.25) is 0 Å². The molecule has 0 amide bonds. The van der Waals surface area contributed by atoms with Gasteiger partial charge in [-0.2, -0.15) is 0 Å². The van der Waals surface area contributed by atoms with Crippen LogP contribution in [0.3, 0.4) is 0 Å². The molecule has 1 radical (unpaired) electrons. The minimum Gasteiger partial charge on any atom is -0.303 e. The van der Waals surface area contributed by atoms with Gasteiger partial charge in [0.1, 0.15) is 6.29 Å². The highest BCUT2D eigenvalue weighted by Crippen LogP contribution is 2.13. The highest BCUT2D eigenvalue weighted by atomic mass is 16.1. The predicted octanol–water partition coefficient (Wildman–Crippen LogP) is 6.65. The van der Waals surface area contributed by atoms with Crippen molar-refractivity contribution in [2.45, 2.75) is 109 Å². The molecule has 0 aromatic carbocycles. The quantitative estimate of drug-likeness (QED) is 0.215. The fraction of sp³-hybridized carbons (Fsp3) is 0.895. The molecule has 0 spiro atoms. The first-order valence-electron chi connectivity index (χ1n) is 9.14. The molecule has 0 atom stereocenters. The topological polar surface area (TPSA) is 17.1 Å². The van der Waals surface area contributed by atoms with Crippen molar-refractivity contribution in [3.05, 3.63) is 6.92 Å². The van der Waals surface area contributed by atoms with Crippen LogP contribution in [0.4, 0.5) is 0 Å². The van der Waals surface area contributed by atoms with Crippen molar-refractivity contribution >= 4 is 6.29 Å². The van der Waals surface area contributed by atoms with E-state index in [4.69, 9.17) is 0 Å². The highest BCUT2D eigenvalue weighted by molar-refractivity contribution is 5.48. The zero-order valence-electron chi connectivity index (χ0n) is 13.7. The number of carbonyl (C=O) groups excluding carboxylic acids is 1. The van der Waals surface area contributed by atoms with Crippen molar-refractivity contribution in [2.24, 2.45) is 0 Å². The standard InChI is InChI=1S/C19H37O/c1-2-3-4-5-6-7-8-9-10-11-12-13-14-15-16-17-18-19-20/h19H,1-18H2. The van der Waals surface area contributed by atoms with E-state index in [1.54, 1.807) is 0 Å². The summed E-state index contributed by atoms with van der Waals surface area (Å²) in [5.41, 5.74) is 0. The summed E-state index contributed by atoms with van der Waals surface area (Å²) in [6.07, 6.45) is 23.5.